The fourth-order valence-electron chi connectivity index (χ4n) is 3.96. The van der Waals surface area contributed by atoms with E-state index in [-0.39, 0.29) is 43.4 Å². The fraction of sp³-hybridized carbons (Fsp3) is 0.632. The van der Waals surface area contributed by atoms with Gasteiger partial charge in [-0.1, -0.05) is 0 Å². The van der Waals surface area contributed by atoms with Crippen LogP contribution in [0.15, 0.2) is 29.2 Å². The second-order valence-corrected chi connectivity index (χ2v) is 9.48. The molecule has 2 unspecified atom stereocenters. The van der Waals surface area contributed by atoms with Gasteiger partial charge in [-0.2, -0.15) is 17.5 Å². The van der Waals surface area contributed by atoms with E-state index < -0.39 is 28.0 Å². The van der Waals surface area contributed by atoms with E-state index in [1.807, 2.05) is 0 Å². The highest BCUT2D eigenvalue weighted by Crippen LogP contribution is 2.34. The third-order valence-corrected chi connectivity index (χ3v) is 7.51. The van der Waals surface area contributed by atoms with Gasteiger partial charge in [0.25, 0.3) is 0 Å². The summed E-state index contributed by atoms with van der Waals surface area (Å²) in [7, 11) is -2.31. The molecular weight excluding hydrogens is 409 g/mol. The Morgan fingerprint density at radius 1 is 1.07 bits per heavy atom. The van der Waals surface area contributed by atoms with Gasteiger partial charge in [0.15, 0.2) is 0 Å². The van der Waals surface area contributed by atoms with Crippen molar-refractivity contribution in [2.45, 2.75) is 36.8 Å². The Balaban J connectivity index is 1.70. The first-order valence-electron chi connectivity index (χ1n) is 9.62. The first-order valence-corrected chi connectivity index (χ1v) is 11.1. The quantitative estimate of drug-likeness (QED) is 0.731. The Hall–Kier alpha value is -1.81. The number of piperidine rings is 2. The van der Waals surface area contributed by atoms with E-state index in [0.717, 1.165) is 0 Å². The summed E-state index contributed by atoms with van der Waals surface area (Å²) in [5, 5.41) is 0. The number of sulfonamides is 1. The highest BCUT2D eigenvalue weighted by atomic mass is 32.2. The zero-order valence-corrected chi connectivity index (χ0v) is 17.0. The summed E-state index contributed by atoms with van der Waals surface area (Å²) in [5.74, 6) is -1.99. The van der Waals surface area contributed by atoms with Gasteiger partial charge >= 0.3 is 6.18 Å². The summed E-state index contributed by atoms with van der Waals surface area (Å²) >= 11 is 0. The van der Waals surface area contributed by atoms with E-state index in [2.05, 4.69) is 0 Å². The average molecular weight is 434 g/mol. The van der Waals surface area contributed by atoms with Gasteiger partial charge in [-0.15, -0.1) is 0 Å². The molecule has 0 spiro atoms. The number of nitrogens with zero attached hydrogens (tertiary/aromatic N) is 2. The molecule has 0 aliphatic carbocycles. The standard InChI is InChI=1S/C19H25F3N2O4S/c1-28-16-6-8-17(9-7-16)29(26,27)24-11-2-4-14(12-24)18(25)23-10-3-5-15(13-23)19(20,21)22/h6-9,14-15H,2-5,10-13H2,1H3. The van der Waals surface area contributed by atoms with E-state index in [9.17, 15) is 26.4 Å². The average Bonchev–Trinajstić information content (AvgIpc) is 2.73. The Bertz CT molecular complexity index is 827. The van der Waals surface area contributed by atoms with Crippen LogP contribution in [0.4, 0.5) is 13.2 Å². The van der Waals surface area contributed by atoms with Gasteiger partial charge in [0.1, 0.15) is 5.75 Å². The first kappa shape index (κ1) is 21.9. The molecule has 2 saturated heterocycles. The van der Waals surface area contributed by atoms with Gasteiger partial charge in [-0.05, 0) is 49.9 Å². The van der Waals surface area contributed by atoms with Crippen molar-refractivity contribution in [1.82, 2.24) is 9.21 Å². The number of hydrogen-bond donors (Lipinski definition) is 0. The molecule has 2 atom stereocenters. The fourth-order valence-corrected chi connectivity index (χ4v) is 5.49. The lowest BCUT2D eigenvalue weighted by Crippen LogP contribution is -2.50. The Labute approximate surface area is 168 Å². The van der Waals surface area contributed by atoms with E-state index in [0.29, 0.717) is 25.0 Å². The van der Waals surface area contributed by atoms with E-state index in [1.54, 1.807) is 12.1 Å². The molecule has 10 heteroatoms. The number of alkyl halides is 3. The van der Waals surface area contributed by atoms with Gasteiger partial charge < -0.3 is 9.64 Å². The van der Waals surface area contributed by atoms with Crippen LogP contribution in [0.1, 0.15) is 25.7 Å². The summed E-state index contributed by atoms with van der Waals surface area (Å²) < 4.78 is 71.3. The minimum absolute atomic E-state index is 0.0135. The van der Waals surface area contributed by atoms with Crippen molar-refractivity contribution in [3.8, 4) is 5.75 Å². The molecule has 2 heterocycles. The molecule has 0 saturated carbocycles. The summed E-state index contributed by atoms with van der Waals surface area (Å²) in [4.78, 5) is 14.2. The molecule has 2 fully saturated rings. The summed E-state index contributed by atoms with van der Waals surface area (Å²) in [6, 6.07) is 5.98. The maximum Gasteiger partial charge on any atom is 0.393 e. The second-order valence-electron chi connectivity index (χ2n) is 7.54. The number of benzene rings is 1. The molecule has 162 valence electrons. The van der Waals surface area contributed by atoms with Gasteiger partial charge in [0, 0.05) is 26.2 Å². The number of carbonyl (C=O) groups excluding carboxylic acids is 1. The van der Waals surface area contributed by atoms with Crippen molar-refractivity contribution in [2.75, 3.05) is 33.3 Å². The summed E-state index contributed by atoms with van der Waals surface area (Å²) in [6.07, 6.45) is -3.04. The molecule has 6 nitrogen and oxygen atoms in total. The Morgan fingerprint density at radius 2 is 1.72 bits per heavy atom. The number of halogens is 3. The molecule has 2 aliphatic rings. The van der Waals surface area contributed by atoms with E-state index >= 15 is 0 Å². The molecule has 1 aromatic carbocycles. The second kappa shape index (κ2) is 8.51. The predicted molar refractivity (Wildman–Crippen MR) is 99.8 cm³/mol. The van der Waals surface area contributed by atoms with Crippen molar-refractivity contribution in [1.29, 1.82) is 0 Å². The van der Waals surface area contributed by atoms with Crippen molar-refractivity contribution in [3.63, 3.8) is 0 Å². The van der Waals surface area contributed by atoms with Crippen molar-refractivity contribution >= 4 is 15.9 Å². The number of methoxy groups -OCH3 is 1. The zero-order valence-electron chi connectivity index (χ0n) is 16.2. The summed E-state index contributed by atoms with van der Waals surface area (Å²) in [5.41, 5.74) is 0. The molecule has 0 bridgehead atoms. The largest absolute Gasteiger partial charge is 0.497 e. The van der Waals surface area contributed by atoms with Gasteiger partial charge in [0.2, 0.25) is 15.9 Å². The Kier molecular flexibility index (Phi) is 6.42. The molecular formula is C19H25F3N2O4S. The van der Waals surface area contributed by atoms with E-state index in [4.69, 9.17) is 4.74 Å². The third kappa shape index (κ3) is 4.85. The smallest absolute Gasteiger partial charge is 0.393 e. The van der Waals surface area contributed by atoms with Crippen LogP contribution in [-0.2, 0) is 14.8 Å². The molecule has 0 radical (unpaired) electrons. The van der Waals surface area contributed by atoms with Crippen LogP contribution in [0.25, 0.3) is 0 Å². The van der Waals surface area contributed by atoms with Crippen LogP contribution >= 0.6 is 0 Å². The van der Waals surface area contributed by atoms with Crippen molar-refractivity contribution in [3.05, 3.63) is 24.3 Å². The van der Waals surface area contributed by atoms with Crippen LogP contribution < -0.4 is 4.74 Å². The SMILES string of the molecule is COc1ccc(S(=O)(=O)N2CCCC(C(=O)N3CCCC(C(F)(F)F)C3)C2)cc1. The van der Waals surface area contributed by atoms with Gasteiger partial charge in [0.05, 0.1) is 23.8 Å². The van der Waals surface area contributed by atoms with E-state index in [1.165, 1.54) is 28.4 Å². The molecule has 1 aromatic rings. The topological polar surface area (TPSA) is 66.9 Å². The van der Waals surface area contributed by atoms with Crippen LogP contribution in [0.5, 0.6) is 5.75 Å². The zero-order chi connectivity index (χ0) is 21.2. The number of hydrogen-bond acceptors (Lipinski definition) is 4. The highest BCUT2D eigenvalue weighted by molar-refractivity contribution is 7.89. The predicted octanol–water partition coefficient (Wildman–Crippen LogP) is 2.90. The minimum Gasteiger partial charge on any atom is -0.497 e. The van der Waals surface area contributed by atoms with Crippen molar-refractivity contribution < 1.29 is 31.1 Å². The maximum absolute atomic E-state index is 13.0. The number of ether oxygens (including phenoxy) is 1. The molecule has 3 rings (SSSR count). The lowest BCUT2D eigenvalue weighted by Gasteiger charge is -2.38. The molecule has 1 amide bonds. The lowest BCUT2D eigenvalue weighted by atomic mass is 9.93. The maximum atomic E-state index is 13.0. The molecule has 29 heavy (non-hydrogen) atoms. The van der Waals surface area contributed by atoms with Crippen molar-refractivity contribution in [2.24, 2.45) is 11.8 Å². The van der Waals surface area contributed by atoms with Crippen LogP contribution in [-0.4, -0.2) is 63.0 Å². The lowest BCUT2D eigenvalue weighted by molar-refractivity contribution is -0.188. The third-order valence-electron chi connectivity index (χ3n) is 5.63. The first-order chi connectivity index (χ1) is 13.6. The number of amides is 1. The highest BCUT2D eigenvalue weighted by Gasteiger charge is 2.44. The molecule has 0 aromatic heterocycles. The van der Waals surface area contributed by atoms with Gasteiger partial charge in [-0.25, -0.2) is 8.42 Å². The van der Waals surface area contributed by atoms with Crippen LogP contribution in [0.2, 0.25) is 0 Å². The monoisotopic (exact) mass is 434 g/mol. The molecule has 2 aliphatic heterocycles. The van der Waals surface area contributed by atoms with Crippen LogP contribution in [0, 0.1) is 11.8 Å². The van der Waals surface area contributed by atoms with Gasteiger partial charge in [-0.3, -0.25) is 4.79 Å². The number of likely N-dealkylation sites (tertiary alicyclic amines) is 1. The van der Waals surface area contributed by atoms with Crippen LogP contribution in [0.3, 0.4) is 0 Å². The normalized spacial score (nSPS) is 24.3. The summed E-state index contributed by atoms with van der Waals surface area (Å²) in [6.45, 7) is 0.209. The minimum atomic E-state index is -4.32. The molecule has 0 N–H and O–H groups in total. The Morgan fingerprint density at radius 3 is 2.34 bits per heavy atom. The number of carbonyl (C=O) groups is 1. The number of rotatable bonds is 4.